The van der Waals surface area contributed by atoms with Gasteiger partial charge in [-0.2, -0.15) is 4.98 Å². The molecule has 0 saturated heterocycles. The van der Waals surface area contributed by atoms with Gasteiger partial charge >= 0.3 is 0 Å². The maximum Gasteiger partial charge on any atom is 0.227 e. The number of aromatic nitrogens is 6. The Hall–Kier alpha value is -3.53. The van der Waals surface area contributed by atoms with E-state index in [1.54, 1.807) is 12.4 Å². The molecule has 0 aliphatic carbocycles. The van der Waals surface area contributed by atoms with Crippen LogP contribution in [0, 0.1) is 13.8 Å². The van der Waals surface area contributed by atoms with Gasteiger partial charge in [0.05, 0.1) is 5.75 Å². The highest BCUT2D eigenvalue weighted by Crippen LogP contribution is 2.21. The third kappa shape index (κ3) is 5.34. The quantitative estimate of drug-likeness (QED) is 0.401. The molecule has 0 radical (unpaired) electrons. The Kier molecular flexibility index (Phi) is 6.37. The molecule has 0 aliphatic heterocycles. The summed E-state index contributed by atoms with van der Waals surface area (Å²) in [4.78, 5) is 25.1. The minimum absolute atomic E-state index is 0.0912. The van der Waals surface area contributed by atoms with E-state index in [0.29, 0.717) is 34.9 Å². The van der Waals surface area contributed by atoms with Gasteiger partial charge in [0.2, 0.25) is 17.0 Å². The van der Waals surface area contributed by atoms with E-state index < -0.39 is 0 Å². The minimum atomic E-state index is -0.0912. The topological polar surface area (TPSA) is 122 Å². The zero-order chi connectivity index (χ0) is 21.6. The number of pyridine rings is 1. The molecule has 2 N–H and O–H groups in total. The van der Waals surface area contributed by atoms with E-state index in [-0.39, 0.29) is 12.3 Å². The Bertz CT molecular complexity index is 1170. The molecule has 0 unspecified atom stereocenters. The number of benzene rings is 1. The van der Waals surface area contributed by atoms with Crippen LogP contribution in [0.1, 0.15) is 29.3 Å². The van der Waals surface area contributed by atoms with Crippen LogP contribution in [0.3, 0.4) is 0 Å². The van der Waals surface area contributed by atoms with Crippen molar-refractivity contribution >= 4 is 23.4 Å². The molecule has 3 heterocycles. The van der Waals surface area contributed by atoms with Gasteiger partial charge in [0.25, 0.3) is 0 Å². The molecule has 0 fully saturated rings. The predicted molar refractivity (Wildman–Crippen MR) is 116 cm³/mol. The van der Waals surface area contributed by atoms with E-state index in [0.717, 1.165) is 22.4 Å². The first-order valence-electron chi connectivity index (χ1n) is 9.71. The Labute approximate surface area is 183 Å². The SMILES string of the molecule is Cc1cccc(NC(=O)CCc2nc(CSc3n[nH]c(-c4cccnc4)n3)no2)c1C. The van der Waals surface area contributed by atoms with Crippen molar-refractivity contribution in [1.29, 1.82) is 0 Å². The molecule has 4 aromatic rings. The van der Waals surface area contributed by atoms with Crippen molar-refractivity contribution in [2.24, 2.45) is 0 Å². The first-order chi connectivity index (χ1) is 15.1. The van der Waals surface area contributed by atoms with E-state index in [9.17, 15) is 4.79 Å². The molecule has 0 spiro atoms. The summed E-state index contributed by atoms with van der Waals surface area (Å²) >= 11 is 1.39. The van der Waals surface area contributed by atoms with Crippen LogP contribution in [-0.2, 0) is 17.0 Å². The number of hydrogen-bond acceptors (Lipinski definition) is 8. The van der Waals surface area contributed by atoms with Crippen LogP contribution in [0.25, 0.3) is 11.4 Å². The zero-order valence-corrected chi connectivity index (χ0v) is 17.9. The van der Waals surface area contributed by atoms with Crippen LogP contribution in [0.15, 0.2) is 52.4 Å². The van der Waals surface area contributed by atoms with Crippen LogP contribution in [0.2, 0.25) is 0 Å². The molecule has 1 aromatic carbocycles. The van der Waals surface area contributed by atoms with Gasteiger partial charge in [-0.15, -0.1) is 5.10 Å². The van der Waals surface area contributed by atoms with Gasteiger partial charge in [-0.05, 0) is 43.2 Å². The molecule has 0 atom stereocenters. The lowest BCUT2D eigenvalue weighted by Gasteiger charge is -2.09. The normalized spacial score (nSPS) is 10.9. The molecule has 0 bridgehead atoms. The van der Waals surface area contributed by atoms with E-state index >= 15 is 0 Å². The third-order valence-electron chi connectivity index (χ3n) is 4.69. The molecule has 4 rings (SSSR count). The number of carbonyl (C=O) groups is 1. The molecule has 1 amide bonds. The lowest BCUT2D eigenvalue weighted by molar-refractivity contribution is -0.116. The molecule has 3 aromatic heterocycles. The number of carbonyl (C=O) groups excluding carboxylic acids is 1. The Balaban J connectivity index is 1.26. The van der Waals surface area contributed by atoms with E-state index in [4.69, 9.17) is 4.52 Å². The fourth-order valence-electron chi connectivity index (χ4n) is 2.84. The number of amides is 1. The first kappa shape index (κ1) is 20.7. The van der Waals surface area contributed by atoms with Crippen molar-refractivity contribution < 1.29 is 9.32 Å². The first-order valence-corrected chi connectivity index (χ1v) is 10.7. The van der Waals surface area contributed by atoms with Crippen LogP contribution < -0.4 is 5.32 Å². The number of aryl methyl sites for hydroxylation is 2. The number of hydrogen-bond donors (Lipinski definition) is 2. The Morgan fingerprint density at radius 3 is 2.94 bits per heavy atom. The average Bonchev–Trinajstić information content (AvgIpc) is 3.44. The summed E-state index contributed by atoms with van der Waals surface area (Å²) < 4.78 is 5.26. The Morgan fingerprint density at radius 2 is 2.10 bits per heavy atom. The summed E-state index contributed by atoms with van der Waals surface area (Å²) in [7, 11) is 0. The van der Waals surface area contributed by atoms with Crippen molar-refractivity contribution in [1.82, 2.24) is 30.3 Å². The highest BCUT2D eigenvalue weighted by molar-refractivity contribution is 7.98. The molecule has 10 heteroatoms. The number of anilines is 1. The summed E-state index contributed by atoms with van der Waals surface area (Å²) in [5.74, 6) is 1.98. The van der Waals surface area contributed by atoms with Crippen molar-refractivity contribution in [2.75, 3.05) is 5.32 Å². The van der Waals surface area contributed by atoms with Gasteiger partial charge < -0.3 is 9.84 Å². The average molecular weight is 436 g/mol. The van der Waals surface area contributed by atoms with Crippen molar-refractivity contribution in [3.05, 3.63) is 65.6 Å². The second kappa shape index (κ2) is 9.52. The monoisotopic (exact) mass is 435 g/mol. The van der Waals surface area contributed by atoms with Gasteiger partial charge in [0, 0.05) is 36.5 Å². The molecular weight excluding hydrogens is 414 g/mol. The second-order valence-corrected chi connectivity index (χ2v) is 7.84. The molecular formula is C21H21N7O2S. The van der Waals surface area contributed by atoms with E-state index in [1.807, 2.05) is 44.2 Å². The fraction of sp³-hybridized carbons (Fsp3) is 0.238. The van der Waals surface area contributed by atoms with Gasteiger partial charge in [0.15, 0.2) is 11.6 Å². The molecule has 158 valence electrons. The summed E-state index contributed by atoms with van der Waals surface area (Å²) in [5.41, 5.74) is 3.88. The van der Waals surface area contributed by atoms with Gasteiger partial charge in [-0.3, -0.25) is 14.9 Å². The van der Waals surface area contributed by atoms with Gasteiger partial charge in [-0.25, -0.2) is 4.98 Å². The van der Waals surface area contributed by atoms with Crippen molar-refractivity contribution in [3.8, 4) is 11.4 Å². The third-order valence-corrected chi connectivity index (χ3v) is 5.53. The summed E-state index contributed by atoms with van der Waals surface area (Å²) in [5, 5.41) is 14.6. The minimum Gasteiger partial charge on any atom is -0.339 e. The maximum atomic E-state index is 12.3. The Morgan fingerprint density at radius 1 is 1.19 bits per heavy atom. The molecule has 31 heavy (non-hydrogen) atoms. The largest absolute Gasteiger partial charge is 0.339 e. The van der Waals surface area contributed by atoms with Crippen LogP contribution >= 0.6 is 11.8 Å². The lowest BCUT2D eigenvalue weighted by atomic mass is 10.1. The highest BCUT2D eigenvalue weighted by atomic mass is 32.2. The van der Waals surface area contributed by atoms with E-state index in [2.05, 4.69) is 35.6 Å². The number of H-pyrrole nitrogens is 1. The number of nitrogens with zero attached hydrogens (tertiary/aromatic N) is 5. The van der Waals surface area contributed by atoms with Crippen LogP contribution in [0.4, 0.5) is 5.69 Å². The molecule has 0 saturated carbocycles. The summed E-state index contributed by atoms with van der Waals surface area (Å²) in [6.45, 7) is 4.00. The number of rotatable bonds is 8. The zero-order valence-electron chi connectivity index (χ0n) is 17.1. The van der Waals surface area contributed by atoms with Gasteiger partial charge in [0.1, 0.15) is 0 Å². The predicted octanol–water partition coefficient (Wildman–Crippen LogP) is 3.73. The second-order valence-electron chi connectivity index (χ2n) is 6.90. The molecule has 0 aliphatic rings. The highest BCUT2D eigenvalue weighted by Gasteiger charge is 2.12. The van der Waals surface area contributed by atoms with Crippen LogP contribution in [-0.4, -0.2) is 36.2 Å². The molecule has 9 nitrogen and oxygen atoms in total. The number of nitrogens with one attached hydrogen (secondary N) is 2. The standard InChI is InChI=1S/C21H21N7O2S/c1-13-5-3-7-16(14(13)2)23-18(29)8-9-19-24-17(28-30-19)12-31-21-25-20(26-27-21)15-6-4-10-22-11-15/h3-7,10-11H,8-9,12H2,1-2H3,(H,23,29)(H,25,26,27). The summed E-state index contributed by atoms with van der Waals surface area (Å²) in [6, 6.07) is 9.58. The number of aromatic amines is 1. The number of thioether (sulfide) groups is 1. The van der Waals surface area contributed by atoms with Crippen LogP contribution in [0.5, 0.6) is 0 Å². The van der Waals surface area contributed by atoms with Gasteiger partial charge in [-0.1, -0.05) is 29.1 Å². The van der Waals surface area contributed by atoms with Crippen molar-refractivity contribution in [2.45, 2.75) is 37.6 Å². The van der Waals surface area contributed by atoms with Crippen molar-refractivity contribution in [3.63, 3.8) is 0 Å². The fourth-order valence-corrected chi connectivity index (χ4v) is 3.48. The lowest BCUT2D eigenvalue weighted by Crippen LogP contribution is -2.13. The smallest absolute Gasteiger partial charge is 0.227 e. The maximum absolute atomic E-state index is 12.3. The van der Waals surface area contributed by atoms with E-state index in [1.165, 1.54) is 11.8 Å². The summed E-state index contributed by atoms with van der Waals surface area (Å²) in [6.07, 6.45) is 4.06.